The Labute approximate surface area is 318 Å². The summed E-state index contributed by atoms with van der Waals surface area (Å²) in [6, 6.07) is 68.9. The normalized spacial score (nSPS) is 14.1. The van der Waals surface area contributed by atoms with Gasteiger partial charge in [-0.3, -0.25) is 0 Å². The Bertz CT molecular complexity index is 2560. The van der Waals surface area contributed by atoms with E-state index in [1.807, 2.05) is 0 Å². The standard InChI is InChI=1S/C53H41N/c1-5-16-37(17-6-1)45-28-26-42(44-35-51(38-18-7-2-8-19-38)54-52(36-44)39-20-9-3-10-21-39)33-47(45)43-23-15-22-40(32-43)41-27-29-50-48(34-41)46-24-11-12-25-49(46)53(50)30-13-4-14-31-53/h1-3,5-12,15-29,32-36H,4,13-14,30-31H2. The molecule has 0 radical (unpaired) electrons. The number of benzene rings is 7. The van der Waals surface area contributed by atoms with Gasteiger partial charge in [-0.15, -0.1) is 0 Å². The Morgan fingerprint density at radius 1 is 0.296 bits per heavy atom. The fourth-order valence-electron chi connectivity index (χ4n) is 9.25. The molecule has 0 N–H and O–H groups in total. The molecule has 8 aromatic rings. The second kappa shape index (κ2) is 13.6. The van der Waals surface area contributed by atoms with E-state index >= 15 is 0 Å². The molecule has 1 nitrogen and oxygen atoms in total. The van der Waals surface area contributed by atoms with Crippen LogP contribution in [0.1, 0.15) is 43.2 Å². The van der Waals surface area contributed by atoms with E-state index in [4.69, 9.17) is 4.98 Å². The van der Waals surface area contributed by atoms with Crippen molar-refractivity contribution in [2.75, 3.05) is 0 Å². The first kappa shape index (κ1) is 32.3. The van der Waals surface area contributed by atoms with Crippen LogP contribution in [0.15, 0.2) is 188 Å². The van der Waals surface area contributed by atoms with Gasteiger partial charge in [-0.2, -0.15) is 0 Å². The summed E-state index contributed by atoms with van der Waals surface area (Å²) in [5.41, 5.74) is 19.9. The maximum atomic E-state index is 5.16. The molecule has 7 aromatic carbocycles. The molecule has 1 aromatic heterocycles. The number of hydrogen-bond acceptors (Lipinski definition) is 1. The van der Waals surface area contributed by atoms with Crippen LogP contribution < -0.4 is 0 Å². The van der Waals surface area contributed by atoms with E-state index in [0.717, 1.165) is 28.1 Å². The number of pyridine rings is 1. The molecule has 2 aliphatic rings. The molecule has 1 spiro atoms. The molecule has 1 heteroatoms. The molecular formula is C53H41N. The predicted octanol–water partition coefficient (Wildman–Crippen LogP) is 14.3. The van der Waals surface area contributed by atoms with E-state index in [1.165, 1.54) is 93.3 Å². The van der Waals surface area contributed by atoms with Crippen molar-refractivity contribution < 1.29 is 0 Å². The molecule has 0 atom stereocenters. The molecule has 0 bridgehead atoms. The monoisotopic (exact) mass is 691 g/mol. The summed E-state index contributed by atoms with van der Waals surface area (Å²) in [5, 5.41) is 0. The van der Waals surface area contributed by atoms with Gasteiger partial charge in [0.25, 0.3) is 0 Å². The van der Waals surface area contributed by atoms with Crippen molar-refractivity contribution >= 4 is 0 Å². The van der Waals surface area contributed by atoms with Crippen LogP contribution in [0.3, 0.4) is 0 Å². The van der Waals surface area contributed by atoms with Gasteiger partial charge in [0.05, 0.1) is 11.4 Å². The zero-order valence-corrected chi connectivity index (χ0v) is 30.4. The van der Waals surface area contributed by atoms with Crippen molar-refractivity contribution in [3.63, 3.8) is 0 Å². The van der Waals surface area contributed by atoms with E-state index in [9.17, 15) is 0 Å². The second-order valence-electron chi connectivity index (χ2n) is 15.0. The largest absolute Gasteiger partial charge is 0.248 e. The van der Waals surface area contributed by atoms with Crippen molar-refractivity contribution in [2.45, 2.75) is 37.5 Å². The van der Waals surface area contributed by atoms with Gasteiger partial charge in [-0.25, -0.2) is 4.98 Å². The lowest BCUT2D eigenvalue weighted by Gasteiger charge is -2.36. The zero-order chi connectivity index (χ0) is 35.9. The molecule has 0 saturated heterocycles. The maximum Gasteiger partial charge on any atom is 0.0715 e. The number of hydrogen-bond donors (Lipinski definition) is 0. The SMILES string of the molecule is c1ccc(-c2cc(-c3ccc(-c4ccccc4)c(-c4cccc(-c5ccc6c(c5)-c5ccccc5C65CCCCC5)c4)c3)cc(-c3ccccc3)n2)cc1. The fraction of sp³-hybridized carbons (Fsp3) is 0.113. The third-order valence-corrected chi connectivity index (χ3v) is 11.9. The molecule has 1 saturated carbocycles. The summed E-state index contributed by atoms with van der Waals surface area (Å²) >= 11 is 0. The number of nitrogens with zero attached hydrogens (tertiary/aromatic N) is 1. The number of rotatable bonds is 6. The molecule has 0 aliphatic heterocycles. The maximum absolute atomic E-state index is 5.16. The Hall–Kier alpha value is -6.31. The minimum atomic E-state index is 0.170. The van der Waals surface area contributed by atoms with E-state index in [1.54, 1.807) is 0 Å². The summed E-state index contributed by atoms with van der Waals surface area (Å²) in [6.45, 7) is 0. The van der Waals surface area contributed by atoms with Gasteiger partial charge in [-0.05, 0) is 110 Å². The van der Waals surface area contributed by atoms with Crippen LogP contribution in [-0.4, -0.2) is 4.98 Å². The third-order valence-electron chi connectivity index (χ3n) is 11.9. The van der Waals surface area contributed by atoms with Crippen LogP contribution >= 0.6 is 0 Å². The molecule has 258 valence electrons. The van der Waals surface area contributed by atoms with Gasteiger partial charge in [0.15, 0.2) is 0 Å². The van der Waals surface area contributed by atoms with E-state index in [-0.39, 0.29) is 5.41 Å². The molecular weight excluding hydrogens is 651 g/mol. The second-order valence-corrected chi connectivity index (χ2v) is 15.0. The van der Waals surface area contributed by atoms with Gasteiger partial charge in [-0.1, -0.05) is 177 Å². The Morgan fingerprint density at radius 3 is 1.52 bits per heavy atom. The number of aromatic nitrogens is 1. The highest BCUT2D eigenvalue weighted by molar-refractivity contribution is 5.91. The number of fused-ring (bicyclic) bond motifs is 5. The van der Waals surface area contributed by atoms with E-state index in [0.29, 0.717) is 0 Å². The average molecular weight is 692 g/mol. The van der Waals surface area contributed by atoms with Crippen molar-refractivity contribution in [1.82, 2.24) is 4.98 Å². The van der Waals surface area contributed by atoms with Gasteiger partial charge in [0, 0.05) is 16.5 Å². The first-order valence-electron chi connectivity index (χ1n) is 19.4. The highest BCUT2D eigenvalue weighted by Crippen LogP contribution is 2.56. The van der Waals surface area contributed by atoms with Gasteiger partial charge < -0.3 is 0 Å². The van der Waals surface area contributed by atoms with Crippen LogP contribution in [0.5, 0.6) is 0 Å². The van der Waals surface area contributed by atoms with Crippen LogP contribution in [0, 0.1) is 0 Å². The molecule has 1 heterocycles. The van der Waals surface area contributed by atoms with Crippen molar-refractivity contribution in [2.24, 2.45) is 0 Å². The molecule has 0 unspecified atom stereocenters. The van der Waals surface area contributed by atoms with Crippen LogP contribution in [0.25, 0.3) is 78.1 Å². The van der Waals surface area contributed by atoms with Gasteiger partial charge in [0.2, 0.25) is 0 Å². The summed E-state index contributed by atoms with van der Waals surface area (Å²) in [7, 11) is 0. The molecule has 10 rings (SSSR count). The third kappa shape index (κ3) is 5.69. The van der Waals surface area contributed by atoms with E-state index in [2.05, 4.69) is 188 Å². The first-order valence-corrected chi connectivity index (χ1v) is 19.4. The lowest BCUT2D eigenvalue weighted by Crippen LogP contribution is -2.27. The Morgan fingerprint density at radius 2 is 0.815 bits per heavy atom. The average Bonchev–Trinajstić information content (AvgIpc) is 3.52. The zero-order valence-electron chi connectivity index (χ0n) is 30.4. The summed E-state index contributed by atoms with van der Waals surface area (Å²) in [6.07, 6.45) is 6.46. The predicted molar refractivity (Wildman–Crippen MR) is 226 cm³/mol. The minimum absolute atomic E-state index is 0.170. The quantitative estimate of drug-likeness (QED) is 0.169. The first-order chi connectivity index (χ1) is 26.7. The van der Waals surface area contributed by atoms with Gasteiger partial charge in [0.1, 0.15) is 0 Å². The molecule has 2 aliphatic carbocycles. The van der Waals surface area contributed by atoms with Crippen LogP contribution in [-0.2, 0) is 5.41 Å². The minimum Gasteiger partial charge on any atom is -0.248 e. The highest BCUT2D eigenvalue weighted by atomic mass is 14.7. The van der Waals surface area contributed by atoms with Crippen molar-refractivity contribution in [3.8, 4) is 78.1 Å². The van der Waals surface area contributed by atoms with Crippen LogP contribution in [0.4, 0.5) is 0 Å². The topological polar surface area (TPSA) is 12.9 Å². The highest BCUT2D eigenvalue weighted by Gasteiger charge is 2.43. The smallest absolute Gasteiger partial charge is 0.0715 e. The molecule has 54 heavy (non-hydrogen) atoms. The van der Waals surface area contributed by atoms with E-state index < -0.39 is 0 Å². The lowest BCUT2D eigenvalue weighted by molar-refractivity contribution is 0.353. The lowest BCUT2D eigenvalue weighted by atomic mass is 9.68. The fourth-order valence-corrected chi connectivity index (χ4v) is 9.25. The van der Waals surface area contributed by atoms with Crippen molar-refractivity contribution in [3.05, 3.63) is 199 Å². The van der Waals surface area contributed by atoms with Crippen LogP contribution in [0.2, 0.25) is 0 Å². The molecule has 0 amide bonds. The summed E-state index contributed by atoms with van der Waals surface area (Å²) in [4.78, 5) is 5.16. The summed E-state index contributed by atoms with van der Waals surface area (Å²) < 4.78 is 0. The summed E-state index contributed by atoms with van der Waals surface area (Å²) in [5.74, 6) is 0. The Balaban J connectivity index is 1.11. The van der Waals surface area contributed by atoms with Crippen molar-refractivity contribution in [1.29, 1.82) is 0 Å². The molecule has 1 fully saturated rings. The Kier molecular flexibility index (Phi) is 8.14. The van der Waals surface area contributed by atoms with Gasteiger partial charge >= 0.3 is 0 Å².